The van der Waals surface area contributed by atoms with Crippen molar-refractivity contribution in [1.29, 1.82) is 5.41 Å². The predicted molar refractivity (Wildman–Crippen MR) is 97.1 cm³/mol. The van der Waals surface area contributed by atoms with E-state index in [9.17, 15) is 0 Å². The molecule has 0 unspecified atom stereocenters. The SMILES string of the molecule is CC1(N)c2cc(Cl)ccc2N(CCC(=N)N)c2ccc(Cl)cc21. The fraction of sp³-hybridized carbons (Fsp3) is 0.235. The first-order chi connectivity index (χ1) is 10.8. The molecule has 2 aromatic rings. The quantitative estimate of drug-likeness (QED) is 0.579. The highest BCUT2D eigenvalue weighted by molar-refractivity contribution is 6.31. The van der Waals surface area contributed by atoms with Gasteiger partial charge in [0.2, 0.25) is 0 Å². The Balaban J connectivity index is 2.21. The Morgan fingerprint density at radius 1 is 1.09 bits per heavy atom. The van der Waals surface area contributed by atoms with E-state index in [0.717, 1.165) is 22.5 Å². The number of nitrogens with two attached hydrogens (primary N) is 2. The average Bonchev–Trinajstić information content (AvgIpc) is 2.48. The van der Waals surface area contributed by atoms with E-state index in [0.29, 0.717) is 23.0 Å². The molecule has 0 radical (unpaired) electrons. The van der Waals surface area contributed by atoms with Gasteiger partial charge in [-0.3, -0.25) is 5.41 Å². The fourth-order valence-corrected chi connectivity index (χ4v) is 3.41. The van der Waals surface area contributed by atoms with E-state index in [1.807, 2.05) is 43.3 Å². The maximum atomic E-state index is 7.51. The van der Waals surface area contributed by atoms with Gasteiger partial charge < -0.3 is 16.4 Å². The molecule has 120 valence electrons. The number of anilines is 2. The Hall–Kier alpha value is -1.75. The molecule has 0 aliphatic carbocycles. The van der Waals surface area contributed by atoms with Gasteiger partial charge in [-0.2, -0.15) is 0 Å². The maximum Gasteiger partial charge on any atom is 0.0923 e. The van der Waals surface area contributed by atoms with Crippen molar-refractivity contribution in [1.82, 2.24) is 0 Å². The highest BCUT2D eigenvalue weighted by atomic mass is 35.5. The molecule has 0 bridgehead atoms. The summed E-state index contributed by atoms with van der Waals surface area (Å²) in [6.45, 7) is 2.55. The summed E-state index contributed by atoms with van der Waals surface area (Å²) in [5.41, 5.74) is 15.3. The zero-order chi connectivity index (χ0) is 16.8. The lowest BCUT2D eigenvalue weighted by molar-refractivity contribution is 0.590. The van der Waals surface area contributed by atoms with E-state index in [4.69, 9.17) is 40.1 Å². The summed E-state index contributed by atoms with van der Waals surface area (Å²) in [4.78, 5) is 2.12. The van der Waals surface area contributed by atoms with Crippen LogP contribution >= 0.6 is 23.2 Å². The second-order valence-corrected chi connectivity index (χ2v) is 6.83. The summed E-state index contributed by atoms with van der Waals surface area (Å²) in [5, 5.41) is 8.78. The number of hydrogen-bond acceptors (Lipinski definition) is 3. The van der Waals surface area contributed by atoms with Gasteiger partial charge in [0.1, 0.15) is 0 Å². The minimum Gasteiger partial charge on any atom is -0.388 e. The van der Waals surface area contributed by atoms with Crippen LogP contribution in [0.5, 0.6) is 0 Å². The number of fused-ring (bicyclic) bond motifs is 2. The number of halogens is 2. The van der Waals surface area contributed by atoms with Crippen LogP contribution in [0.2, 0.25) is 10.0 Å². The van der Waals surface area contributed by atoms with E-state index in [-0.39, 0.29) is 5.84 Å². The van der Waals surface area contributed by atoms with Crippen LogP contribution in [-0.2, 0) is 5.54 Å². The summed E-state index contributed by atoms with van der Waals surface area (Å²) in [5.74, 6) is 0.150. The van der Waals surface area contributed by atoms with Crippen LogP contribution in [0, 0.1) is 5.41 Å². The highest BCUT2D eigenvalue weighted by Crippen LogP contribution is 2.47. The average molecular weight is 349 g/mol. The zero-order valence-electron chi connectivity index (χ0n) is 12.7. The van der Waals surface area contributed by atoms with Gasteiger partial charge in [-0.05, 0) is 43.3 Å². The van der Waals surface area contributed by atoms with Gasteiger partial charge in [-0.15, -0.1) is 0 Å². The molecule has 0 amide bonds. The third-order valence-electron chi connectivity index (χ3n) is 4.22. The molecule has 0 atom stereocenters. The number of nitrogens with one attached hydrogen (secondary N) is 1. The minimum absolute atomic E-state index is 0.150. The van der Waals surface area contributed by atoms with E-state index < -0.39 is 5.54 Å². The molecule has 1 heterocycles. The molecule has 1 aliphatic heterocycles. The molecule has 6 heteroatoms. The topological polar surface area (TPSA) is 79.1 Å². The largest absolute Gasteiger partial charge is 0.388 e. The van der Waals surface area contributed by atoms with Gasteiger partial charge in [0, 0.05) is 45.5 Å². The van der Waals surface area contributed by atoms with Gasteiger partial charge in [0.25, 0.3) is 0 Å². The van der Waals surface area contributed by atoms with Crippen molar-refractivity contribution in [3.8, 4) is 0 Å². The van der Waals surface area contributed by atoms with E-state index in [2.05, 4.69) is 4.90 Å². The third kappa shape index (κ3) is 2.78. The Morgan fingerprint density at radius 2 is 1.57 bits per heavy atom. The normalized spacial score (nSPS) is 15.0. The summed E-state index contributed by atoms with van der Waals surface area (Å²) in [7, 11) is 0. The first kappa shape index (κ1) is 16.1. The Labute approximate surface area is 145 Å². The number of hydrogen-bond donors (Lipinski definition) is 3. The van der Waals surface area contributed by atoms with E-state index in [1.54, 1.807) is 0 Å². The van der Waals surface area contributed by atoms with Crippen molar-refractivity contribution in [2.45, 2.75) is 18.9 Å². The number of nitrogens with zero attached hydrogens (tertiary/aromatic N) is 1. The van der Waals surface area contributed by atoms with E-state index in [1.165, 1.54) is 0 Å². The first-order valence-electron chi connectivity index (χ1n) is 7.30. The second kappa shape index (κ2) is 5.71. The van der Waals surface area contributed by atoms with Crippen molar-refractivity contribution < 1.29 is 0 Å². The third-order valence-corrected chi connectivity index (χ3v) is 4.69. The number of benzene rings is 2. The van der Waals surface area contributed by atoms with Crippen LogP contribution in [0.3, 0.4) is 0 Å². The molecule has 3 rings (SSSR count). The molecule has 0 aromatic heterocycles. The van der Waals surface area contributed by atoms with Crippen molar-refractivity contribution in [3.63, 3.8) is 0 Å². The predicted octanol–water partition coefficient (Wildman–Crippen LogP) is 3.99. The Bertz CT molecular complexity index is 731. The van der Waals surface area contributed by atoms with Gasteiger partial charge >= 0.3 is 0 Å². The smallest absolute Gasteiger partial charge is 0.0923 e. The molecule has 0 spiro atoms. The van der Waals surface area contributed by atoms with Gasteiger partial charge in [0.15, 0.2) is 0 Å². The molecule has 0 saturated heterocycles. The number of rotatable bonds is 3. The van der Waals surface area contributed by atoms with Crippen LogP contribution in [0.1, 0.15) is 24.5 Å². The summed E-state index contributed by atoms with van der Waals surface area (Å²) >= 11 is 12.4. The van der Waals surface area contributed by atoms with Gasteiger partial charge in [0.05, 0.1) is 11.4 Å². The van der Waals surface area contributed by atoms with Crippen LogP contribution in [0.4, 0.5) is 11.4 Å². The molecule has 5 N–H and O–H groups in total. The van der Waals surface area contributed by atoms with Gasteiger partial charge in [-0.1, -0.05) is 23.2 Å². The van der Waals surface area contributed by atoms with Crippen LogP contribution in [0.15, 0.2) is 36.4 Å². The van der Waals surface area contributed by atoms with Crippen molar-refractivity contribution in [2.24, 2.45) is 11.5 Å². The molecule has 2 aromatic carbocycles. The van der Waals surface area contributed by atoms with Crippen molar-refractivity contribution >= 4 is 40.4 Å². The van der Waals surface area contributed by atoms with E-state index >= 15 is 0 Å². The standard InChI is InChI=1S/C17H18Cl2N4/c1-17(22)12-8-10(18)2-4-14(12)23(7-6-16(20)21)15-5-3-11(19)9-13(15)17/h2-5,8-9H,6-7,22H2,1H3,(H3,20,21). The molecular formula is C17H18Cl2N4. The Kier molecular flexibility index (Phi) is 4.00. The Morgan fingerprint density at radius 3 is 2.00 bits per heavy atom. The summed E-state index contributed by atoms with van der Waals surface area (Å²) in [6.07, 6.45) is 0.464. The molecule has 4 nitrogen and oxygen atoms in total. The summed E-state index contributed by atoms with van der Waals surface area (Å²) < 4.78 is 0. The fourth-order valence-electron chi connectivity index (χ4n) is 3.07. The molecular weight excluding hydrogens is 331 g/mol. The monoisotopic (exact) mass is 348 g/mol. The lowest BCUT2D eigenvalue weighted by atomic mass is 9.80. The zero-order valence-corrected chi connectivity index (χ0v) is 14.2. The molecule has 1 aliphatic rings. The van der Waals surface area contributed by atoms with Crippen LogP contribution in [0.25, 0.3) is 0 Å². The second-order valence-electron chi connectivity index (χ2n) is 5.95. The lowest BCUT2D eigenvalue weighted by Gasteiger charge is -2.42. The van der Waals surface area contributed by atoms with Crippen LogP contribution < -0.4 is 16.4 Å². The van der Waals surface area contributed by atoms with Crippen molar-refractivity contribution in [3.05, 3.63) is 57.6 Å². The molecule has 0 saturated carbocycles. The number of amidine groups is 1. The minimum atomic E-state index is -0.701. The van der Waals surface area contributed by atoms with Crippen LogP contribution in [-0.4, -0.2) is 12.4 Å². The highest BCUT2D eigenvalue weighted by Gasteiger charge is 2.37. The van der Waals surface area contributed by atoms with Crippen molar-refractivity contribution in [2.75, 3.05) is 11.4 Å². The molecule has 0 fully saturated rings. The van der Waals surface area contributed by atoms with Gasteiger partial charge in [-0.25, -0.2) is 0 Å². The molecule has 23 heavy (non-hydrogen) atoms. The lowest BCUT2D eigenvalue weighted by Crippen LogP contribution is -2.42. The first-order valence-corrected chi connectivity index (χ1v) is 8.05. The maximum absolute atomic E-state index is 7.51. The summed E-state index contributed by atoms with van der Waals surface area (Å²) in [6, 6.07) is 11.4.